The third-order valence-electron chi connectivity index (χ3n) is 5.85. The maximum absolute atomic E-state index is 13.4. The minimum atomic E-state index is -0.0801. The quantitative estimate of drug-likeness (QED) is 0.377. The van der Waals surface area contributed by atoms with E-state index < -0.39 is 0 Å². The number of aromatic nitrogens is 2. The Morgan fingerprint density at radius 1 is 0.943 bits per heavy atom. The molecular weight excluding hydrogens is 446 g/mol. The molecule has 1 aliphatic heterocycles. The van der Waals surface area contributed by atoms with Crippen molar-refractivity contribution < 1.29 is 18.9 Å². The summed E-state index contributed by atoms with van der Waals surface area (Å²) in [5.74, 6) is 2.44. The van der Waals surface area contributed by atoms with Gasteiger partial charge in [-0.15, -0.1) is 0 Å². The zero-order valence-corrected chi connectivity index (χ0v) is 21.9. The van der Waals surface area contributed by atoms with Crippen LogP contribution < -0.4 is 24.5 Å². The molecule has 5 rings (SSSR count). The molecular formula is C27H35N3O5. The van der Waals surface area contributed by atoms with E-state index in [-0.39, 0.29) is 12.4 Å². The number of pyridine rings is 2. The van der Waals surface area contributed by atoms with Crippen molar-refractivity contribution in [2.24, 2.45) is 0 Å². The van der Waals surface area contributed by atoms with Gasteiger partial charge in [0.05, 0.1) is 30.6 Å². The maximum Gasteiger partial charge on any atom is 0.259 e. The molecule has 0 saturated heterocycles. The summed E-state index contributed by atoms with van der Waals surface area (Å²) in [5, 5.41) is 2.98. The standard InChI is InChI=1S/C21H18N2O5.C4H11N.C2H6/c1-4-23-15-8-17(26-3)16(25-2)5-11(15)13-9-22-14-7-19-18(27-10-28-19)6-12(14)20(13)21(23)24;1-4-5(2)3;1-2/h5-9H,4,10H2,1-3H3;4H2,1-3H3;1-2H3. The van der Waals surface area contributed by atoms with Gasteiger partial charge in [-0.1, -0.05) is 20.8 Å². The molecule has 1 aliphatic rings. The lowest BCUT2D eigenvalue weighted by Crippen LogP contribution is -2.20. The number of rotatable bonds is 4. The smallest absolute Gasteiger partial charge is 0.259 e. The summed E-state index contributed by atoms with van der Waals surface area (Å²) >= 11 is 0. The van der Waals surface area contributed by atoms with Crippen LogP contribution in [0.3, 0.4) is 0 Å². The van der Waals surface area contributed by atoms with Gasteiger partial charge in [0, 0.05) is 41.0 Å². The Labute approximate surface area is 206 Å². The van der Waals surface area contributed by atoms with Gasteiger partial charge in [0.25, 0.3) is 5.56 Å². The maximum atomic E-state index is 13.4. The van der Waals surface area contributed by atoms with Crippen LogP contribution in [0.5, 0.6) is 23.0 Å². The van der Waals surface area contributed by atoms with Crippen molar-refractivity contribution in [3.63, 3.8) is 0 Å². The van der Waals surface area contributed by atoms with Crippen molar-refractivity contribution >= 4 is 32.6 Å². The molecule has 35 heavy (non-hydrogen) atoms. The Kier molecular flexibility index (Phi) is 8.40. The fraction of sp³-hybridized carbons (Fsp3) is 0.407. The van der Waals surface area contributed by atoms with E-state index in [4.69, 9.17) is 18.9 Å². The van der Waals surface area contributed by atoms with Crippen molar-refractivity contribution in [1.82, 2.24) is 14.5 Å². The largest absolute Gasteiger partial charge is 0.493 e. The number of ether oxygens (including phenoxy) is 4. The highest BCUT2D eigenvalue weighted by Gasteiger charge is 2.20. The molecule has 8 heteroatoms. The second-order valence-electron chi connectivity index (χ2n) is 7.94. The second kappa shape index (κ2) is 11.3. The summed E-state index contributed by atoms with van der Waals surface area (Å²) in [7, 11) is 7.28. The van der Waals surface area contributed by atoms with Gasteiger partial charge >= 0.3 is 0 Å². The Morgan fingerprint density at radius 3 is 2.11 bits per heavy atom. The van der Waals surface area contributed by atoms with Crippen LogP contribution >= 0.6 is 0 Å². The Bertz CT molecular complexity index is 1400. The molecule has 2 aromatic carbocycles. The molecule has 188 valence electrons. The van der Waals surface area contributed by atoms with Crippen LogP contribution in [-0.2, 0) is 6.54 Å². The molecule has 0 aliphatic carbocycles. The van der Waals surface area contributed by atoms with Gasteiger partial charge in [-0.05, 0) is 39.7 Å². The van der Waals surface area contributed by atoms with Crippen LogP contribution in [0.25, 0.3) is 32.6 Å². The van der Waals surface area contributed by atoms with Gasteiger partial charge in [-0.25, -0.2) is 0 Å². The normalized spacial score (nSPS) is 11.8. The third kappa shape index (κ3) is 4.84. The van der Waals surface area contributed by atoms with E-state index in [2.05, 4.69) is 30.9 Å². The summed E-state index contributed by atoms with van der Waals surface area (Å²) in [4.78, 5) is 20.1. The lowest BCUT2D eigenvalue weighted by atomic mass is 10.0. The average molecular weight is 482 g/mol. The number of nitrogens with zero attached hydrogens (tertiary/aromatic N) is 3. The number of methoxy groups -OCH3 is 2. The van der Waals surface area contributed by atoms with Crippen LogP contribution in [0, 0.1) is 0 Å². The van der Waals surface area contributed by atoms with Crippen LogP contribution in [0.15, 0.2) is 35.3 Å². The van der Waals surface area contributed by atoms with Crippen molar-refractivity contribution in [2.45, 2.75) is 34.2 Å². The van der Waals surface area contributed by atoms with Gasteiger partial charge < -0.3 is 28.4 Å². The van der Waals surface area contributed by atoms with E-state index in [1.54, 1.807) is 25.0 Å². The average Bonchev–Trinajstić information content (AvgIpc) is 3.35. The van der Waals surface area contributed by atoms with E-state index >= 15 is 0 Å². The Hall–Kier alpha value is -3.52. The van der Waals surface area contributed by atoms with Crippen LogP contribution in [0.1, 0.15) is 27.7 Å². The van der Waals surface area contributed by atoms with E-state index in [0.29, 0.717) is 40.4 Å². The van der Waals surface area contributed by atoms with Gasteiger partial charge in [-0.2, -0.15) is 0 Å². The van der Waals surface area contributed by atoms with Crippen molar-refractivity contribution in [3.05, 3.63) is 40.8 Å². The van der Waals surface area contributed by atoms with Gasteiger partial charge in [0.15, 0.2) is 23.0 Å². The first-order valence-corrected chi connectivity index (χ1v) is 11.9. The molecule has 0 atom stereocenters. The van der Waals surface area contributed by atoms with Crippen molar-refractivity contribution in [1.29, 1.82) is 0 Å². The predicted octanol–water partition coefficient (Wildman–Crippen LogP) is 5.06. The number of hydrogen-bond acceptors (Lipinski definition) is 7. The van der Waals surface area contributed by atoms with Crippen molar-refractivity contribution in [3.8, 4) is 23.0 Å². The first-order valence-electron chi connectivity index (χ1n) is 11.9. The highest BCUT2D eigenvalue weighted by atomic mass is 16.7. The van der Waals surface area contributed by atoms with Crippen LogP contribution in [0.4, 0.5) is 0 Å². The first kappa shape index (κ1) is 26.1. The first-order chi connectivity index (χ1) is 16.9. The fourth-order valence-corrected chi connectivity index (χ4v) is 3.88. The van der Waals surface area contributed by atoms with Crippen LogP contribution in [-0.4, -0.2) is 56.1 Å². The zero-order valence-electron chi connectivity index (χ0n) is 21.9. The lowest BCUT2D eigenvalue weighted by Gasteiger charge is -2.16. The molecule has 0 amide bonds. The molecule has 2 aromatic heterocycles. The minimum Gasteiger partial charge on any atom is -0.493 e. The number of aryl methyl sites for hydroxylation is 1. The SMILES string of the molecule is CC.CCN(C)C.CCn1c(=O)c2c3cc4c(cc3ncc2c2cc(OC)c(OC)cc21)OCO4. The molecule has 0 bridgehead atoms. The van der Waals surface area contributed by atoms with E-state index in [1.165, 1.54) is 0 Å². The molecule has 8 nitrogen and oxygen atoms in total. The zero-order chi connectivity index (χ0) is 25.7. The van der Waals surface area contributed by atoms with Gasteiger partial charge in [0.1, 0.15) is 0 Å². The minimum absolute atomic E-state index is 0.0801. The molecule has 0 saturated carbocycles. The summed E-state index contributed by atoms with van der Waals surface area (Å²) in [6.45, 7) is 9.90. The van der Waals surface area contributed by atoms with Gasteiger partial charge in [0.2, 0.25) is 6.79 Å². The summed E-state index contributed by atoms with van der Waals surface area (Å²) in [6, 6.07) is 7.37. The topological polar surface area (TPSA) is 75.1 Å². The molecule has 0 unspecified atom stereocenters. The molecule has 4 aromatic rings. The summed E-state index contributed by atoms with van der Waals surface area (Å²) in [5.41, 5.74) is 1.39. The molecule has 0 N–H and O–H groups in total. The fourth-order valence-electron chi connectivity index (χ4n) is 3.88. The summed E-state index contributed by atoms with van der Waals surface area (Å²) in [6.07, 6.45) is 1.73. The number of fused-ring (bicyclic) bond motifs is 6. The number of benzene rings is 2. The summed E-state index contributed by atoms with van der Waals surface area (Å²) < 4.78 is 23.6. The van der Waals surface area contributed by atoms with E-state index in [1.807, 2.05) is 45.0 Å². The van der Waals surface area contributed by atoms with E-state index in [0.717, 1.165) is 28.2 Å². The van der Waals surface area contributed by atoms with Crippen molar-refractivity contribution in [2.75, 3.05) is 41.7 Å². The Balaban J connectivity index is 0.000000438. The molecule has 0 fully saturated rings. The third-order valence-corrected chi connectivity index (χ3v) is 5.85. The van der Waals surface area contributed by atoms with Gasteiger partial charge in [-0.3, -0.25) is 9.78 Å². The molecule has 0 radical (unpaired) electrons. The lowest BCUT2D eigenvalue weighted by molar-refractivity contribution is 0.174. The predicted molar refractivity (Wildman–Crippen MR) is 141 cm³/mol. The highest BCUT2D eigenvalue weighted by Crippen LogP contribution is 2.39. The number of hydrogen-bond donors (Lipinski definition) is 0. The van der Waals surface area contributed by atoms with E-state index in [9.17, 15) is 4.79 Å². The Morgan fingerprint density at radius 2 is 1.54 bits per heavy atom. The second-order valence-corrected chi connectivity index (χ2v) is 7.94. The molecule has 0 spiro atoms. The highest BCUT2D eigenvalue weighted by molar-refractivity contribution is 6.15. The van der Waals surface area contributed by atoms with Crippen LogP contribution in [0.2, 0.25) is 0 Å². The monoisotopic (exact) mass is 481 g/mol. The molecule has 3 heterocycles.